The smallest absolute Gasteiger partial charge is 0.243 e. The molecule has 140 valence electrons. The summed E-state index contributed by atoms with van der Waals surface area (Å²) >= 11 is 1.53. The Morgan fingerprint density at radius 2 is 2.26 bits per heavy atom. The van der Waals surface area contributed by atoms with Crippen molar-refractivity contribution < 1.29 is 4.79 Å². The monoisotopic (exact) mass is 382 g/mol. The van der Waals surface area contributed by atoms with Crippen molar-refractivity contribution in [1.29, 1.82) is 0 Å². The van der Waals surface area contributed by atoms with Gasteiger partial charge in [0.15, 0.2) is 5.13 Å². The first-order valence-electron chi connectivity index (χ1n) is 9.17. The average Bonchev–Trinajstić information content (AvgIpc) is 3.43. The maximum Gasteiger partial charge on any atom is 0.243 e. The van der Waals surface area contributed by atoms with Crippen LogP contribution in [-0.4, -0.2) is 36.9 Å². The first-order valence-corrected chi connectivity index (χ1v) is 10.1. The zero-order valence-corrected chi connectivity index (χ0v) is 16.0. The van der Waals surface area contributed by atoms with E-state index in [0.29, 0.717) is 6.54 Å². The van der Waals surface area contributed by atoms with Gasteiger partial charge < -0.3 is 14.8 Å². The topological polar surface area (TPSA) is 75.9 Å². The third kappa shape index (κ3) is 3.85. The third-order valence-electron chi connectivity index (χ3n) is 4.78. The van der Waals surface area contributed by atoms with Crippen LogP contribution in [0, 0.1) is 0 Å². The highest BCUT2D eigenvalue weighted by Gasteiger charge is 2.31. The molecule has 0 saturated carbocycles. The number of rotatable bonds is 6. The summed E-state index contributed by atoms with van der Waals surface area (Å²) in [5.41, 5.74) is 0.920. The van der Waals surface area contributed by atoms with Crippen LogP contribution in [0.15, 0.2) is 42.2 Å². The first kappa shape index (κ1) is 17.7. The van der Waals surface area contributed by atoms with Crippen LogP contribution >= 0.6 is 11.3 Å². The number of hydrogen-bond donors (Lipinski definition) is 1. The fourth-order valence-electron chi connectivity index (χ4n) is 3.51. The number of amides is 1. The minimum atomic E-state index is 0.0177. The van der Waals surface area contributed by atoms with Crippen LogP contribution in [0.25, 0.3) is 0 Å². The molecule has 0 aliphatic carbocycles. The van der Waals surface area contributed by atoms with E-state index in [1.807, 2.05) is 46.2 Å². The van der Waals surface area contributed by atoms with Crippen molar-refractivity contribution in [2.45, 2.75) is 38.8 Å². The molecular weight excluding hydrogens is 360 g/mol. The van der Waals surface area contributed by atoms with E-state index in [9.17, 15) is 4.79 Å². The summed E-state index contributed by atoms with van der Waals surface area (Å²) in [6, 6.07) is 5.91. The van der Waals surface area contributed by atoms with Gasteiger partial charge >= 0.3 is 0 Å². The van der Waals surface area contributed by atoms with Gasteiger partial charge in [0.1, 0.15) is 18.2 Å². The highest BCUT2D eigenvalue weighted by molar-refractivity contribution is 7.13. The second kappa shape index (κ2) is 7.87. The van der Waals surface area contributed by atoms with Crippen LogP contribution < -0.4 is 5.32 Å². The van der Waals surface area contributed by atoms with Crippen LogP contribution in [0.3, 0.4) is 0 Å². The van der Waals surface area contributed by atoms with E-state index in [-0.39, 0.29) is 11.9 Å². The fraction of sp³-hybridized carbons (Fsp3) is 0.368. The average molecular weight is 382 g/mol. The number of likely N-dealkylation sites (tertiary alicyclic amines) is 1. The van der Waals surface area contributed by atoms with Crippen LogP contribution in [0.1, 0.15) is 37.3 Å². The molecule has 8 heteroatoms. The quantitative estimate of drug-likeness (QED) is 0.707. The fourth-order valence-corrected chi connectivity index (χ4v) is 4.04. The number of pyridine rings is 1. The van der Waals surface area contributed by atoms with Crippen molar-refractivity contribution in [1.82, 2.24) is 24.4 Å². The number of nitrogens with zero attached hydrogens (tertiary/aromatic N) is 5. The molecule has 4 heterocycles. The molecule has 1 atom stereocenters. The molecule has 1 amide bonds. The molecule has 1 N–H and O–H groups in total. The van der Waals surface area contributed by atoms with Crippen LogP contribution in [0.2, 0.25) is 0 Å². The van der Waals surface area contributed by atoms with Gasteiger partial charge in [-0.2, -0.15) is 0 Å². The van der Waals surface area contributed by atoms with Crippen molar-refractivity contribution in [2.75, 3.05) is 11.9 Å². The zero-order valence-electron chi connectivity index (χ0n) is 15.2. The molecule has 0 aromatic carbocycles. The highest BCUT2D eigenvalue weighted by atomic mass is 32.1. The van der Waals surface area contributed by atoms with Crippen molar-refractivity contribution in [3.05, 3.63) is 53.7 Å². The molecule has 1 fully saturated rings. The second-order valence-corrected chi connectivity index (χ2v) is 7.37. The van der Waals surface area contributed by atoms with Crippen molar-refractivity contribution in [3.8, 4) is 0 Å². The number of aromatic nitrogens is 4. The third-order valence-corrected chi connectivity index (χ3v) is 5.46. The summed E-state index contributed by atoms with van der Waals surface area (Å²) in [5, 5.41) is 5.96. The second-order valence-electron chi connectivity index (χ2n) is 6.48. The Morgan fingerprint density at radius 3 is 3.07 bits per heavy atom. The predicted molar refractivity (Wildman–Crippen MR) is 105 cm³/mol. The molecule has 0 unspecified atom stereocenters. The van der Waals surface area contributed by atoms with Crippen molar-refractivity contribution in [2.24, 2.45) is 0 Å². The molecule has 1 aliphatic heterocycles. The number of nitrogens with one attached hydrogen (secondary N) is 1. The Kier molecular flexibility index (Phi) is 5.15. The Morgan fingerprint density at radius 1 is 1.33 bits per heavy atom. The molecule has 0 radical (unpaired) electrons. The minimum Gasteiger partial charge on any atom is -0.333 e. The van der Waals surface area contributed by atoms with E-state index < -0.39 is 0 Å². The van der Waals surface area contributed by atoms with E-state index in [0.717, 1.165) is 48.3 Å². The molecule has 1 saturated heterocycles. The number of imidazole rings is 1. The van der Waals surface area contributed by atoms with E-state index >= 15 is 0 Å². The van der Waals surface area contributed by atoms with Gasteiger partial charge in [-0.1, -0.05) is 13.0 Å². The number of thiazole rings is 1. The molecular formula is C19H22N6OS. The summed E-state index contributed by atoms with van der Waals surface area (Å²) in [6.07, 6.45) is 8.13. The summed E-state index contributed by atoms with van der Waals surface area (Å²) in [4.78, 5) is 28.2. The molecule has 4 rings (SSSR count). The Labute approximate surface area is 162 Å². The molecule has 0 spiro atoms. The van der Waals surface area contributed by atoms with Crippen LogP contribution in [0.5, 0.6) is 0 Å². The number of hydrogen-bond acceptors (Lipinski definition) is 6. The van der Waals surface area contributed by atoms with E-state index in [4.69, 9.17) is 4.98 Å². The van der Waals surface area contributed by atoms with Gasteiger partial charge in [-0.15, -0.1) is 11.3 Å². The normalized spacial score (nSPS) is 16.6. The maximum absolute atomic E-state index is 12.9. The molecule has 7 nitrogen and oxygen atoms in total. The van der Waals surface area contributed by atoms with Gasteiger partial charge in [-0.25, -0.2) is 15.0 Å². The van der Waals surface area contributed by atoms with Gasteiger partial charge in [-0.05, 0) is 25.0 Å². The summed E-state index contributed by atoms with van der Waals surface area (Å²) in [6.45, 7) is 3.15. The minimum absolute atomic E-state index is 0.0177. The lowest BCUT2D eigenvalue weighted by atomic mass is 10.1. The Bertz CT molecular complexity index is 907. The Balaban J connectivity index is 1.50. The van der Waals surface area contributed by atoms with Gasteiger partial charge in [-0.3, -0.25) is 4.79 Å². The SMILES string of the molecule is CCc1nccn1CC(=O)N1CCC[C@H]1c1cccc(Nc2nccs2)n1. The summed E-state index contributed by atoms with van der Waals surface area (Å²) in [7, 11) is 0. The van der Waals surface area contributed by atoms with Gasteiger partial charge in [0, 0.05) is 36.9 Å². The highest BCUT2D eigenvalue weighted by Crippen LogP contribution is 2.32. The van der Waals surface area contributed by atoms with E-state index in [1.54, 1.807) is 12.4 Å². The van der Waals surface area contributed by atoms with E-state index in [1.165, 1.54) is 11.3 Å². The maximum atomic E-state index is 12.9. The zero-order chi connectivity index (χ0) is 18.6. The van der Waals surface area contributed by atoms with E-state index in [2.05, 4.69) is 15.3 Å². The molecule has 3 aromatic rings. The number of carbonyl (C=O) groups excluding carboxylic acids is 1. The predicted octanol–water partition coefficient (Wildman–Crippen LogP) is 3.40. The van der Waals surface area contributed by atoms with Crippen LogP contribution in [-0.2, 0) is 17.8 Å². The first-order chi connectivity index (χ1) is 13.2. The van der Waals surface area contributed by atoms with Gasteiger partial charge in [0.2, 0.25) is 5.91 Å². The molecule has 3 aromatic heterocycles. The van der Waals surface area contributed by atoms with Crippen LogP contribution in [0.4, 0.5) is 10.9 Å². The Hall–Kier alpha value is -2.74. The van der Waals surface area contributed by atoms with Gasteiger partial charge in [0.25, 0.3) is 0 Å². The summed E-state index contributed by atoms with van der Waals surface area (Å²) < 4.78 is 1.94. The lowest BCUT2D eigenvalue weighted by Crippen LogP contribution is -2.34. The van der Waals surface area contributed by atoms with Crippen molar-refractivity contribution >= 4 is 28.2 Å². The number of anilines is 2. The lowest BCUT2D eigenvalue weighted by molar-refractivity contribution is -0.132. The van der Waals surface area contributed by atoms with Crippen molar-refractivity contribution in [3.63, 3.8) is 0 Å². The summed E-state index contributed by atoms with van der Waals surface area (Å²) in [5.74, 6) is 1.81. The molecule has 1 aliphatic rings. The molecule has 27 heavy (non-hydrogen) atoms. The number of aryl methyl sites for hydroxylation is 1. The molecule has 0 bridgehead atoms. The van der Waals surface area contributed by atoms with Gasteiger partial charge in [0.05, 0.1) is 11.7 Å². The largest absolute Gasteiger partial charge is 0.333 e. The number of carbonyl (C=O) groups is 1. The lowest BCUT2D eigenvalue weighted by Gasteiger charge is -2.25. The standard InChI is InChI=1S/C19H22N6OS/c1-2-17-20-8-11-24(17)13-18(26)25-10-4-6-15(25)14-5-3-7-16(22-14)23-19-21-9-12-27-19/h3,5,7-9,11-12,15H,2,4,6,10,13H2,1H3,(H,21,22,23)/t15-/m0/s1.